The molecule has 5 rings (SSSR count). The number of pyridine rings is 2. The van der Waals surface area contributed by atoms with Gasteiger partial charge in [0.1, 0.15) is 14.1 Å². The van der Waals surface area contributed by atoms with E-state index in [2.05, 4.69) is 121 Å². The largest absolute Gasteiger partial charge is 0.208 e. The lowest BCUT2D eigenvalue weighted by Gasteiger charge is -2.17. The Balaban J connectivity index is 1.96. The van der Waals surface area contributed by atoms with E-state index in [1.807, 2.05) is 0 Å². The van der Waals surface area contributed by atoms with Gasteiger partial charge < -0.3 is 0 Å². The van der Waals surface area contributed by atoms with Crippen LogP contribution in [0.5, 0.6) is 0 Å². The Kier molecular flexibility index (Phi) is 3.91. The minimum Gasteiger partial charge on any atom is -0.208 e. The van der Waals surface area contributed by atoms with Crippen molar-refractivity contribution in [3.8, 4) is 22.3 Å². The van der Waals surface area contributed by atoms with Crippen LogP contribution in [0, 0.1) is 0 Å². The summed E-state index contributed by atoms with van der Waals surface area (Å²) < 4.78 is 4.15. The van der Waals surface area contributed by atoms with E-state index in [9.17, 15) is 0 Å². The van der Waals surface area contributed by atoms with Gasteiger partial charge in [0, 0.05) is 24.3 Å². The molecule has 2 heterocycles. The van der Waals surface area contributed by atoms with Crippen molar-refractivity contribution in [3.05, 3.63) is 97.6 Å². The van der Waals surface area contributed by atoms with Crippen LogP contribution in [0.2, 0.25) is 0 Å². The van der Waals surface area contributed by atoms with Crippen LogP contribution in [0.3, 0.4) is 0 Å². The molecule has 0 spiro atoms. The summed E-state index contributed by atoms with van der Waals surface area (Å²) in [5.74, 6) is 0. The number of nitrogens with zero attached hydrogens (tertiary/aromatic N) is 2. The summed E-state index contributed by atoms with van der Waals surface area (Å²) in [5.41, 5.74) is 5.10. The molecule has 0 aliphatic rings. The third-order valence-corrected chi connectivity index (χ3v) is 5.47. The molecule has 0 aliphatic heterocycles. The Bertz CT molecular complexity index is 1140. The highest BCUT2D eigenvalue weighted by Gasteiger charge is 2.17. The van der Waals surface area contributed by atoms with Crippen molar-refractivity contribution in [2.45, 2.75) is 0 Å². The standard InChI is InChI=1S/C26H22N2/c1-27-15-11-19(12-16-27)25-21-7-3-5-9-23(21)26(20-13-17-28(2)18-14-20)24-10-6-4-8-22(24)25/h3-18H,1-2H3/q+2. The summed E-state index contributed by atoms with van der Waals surface area (Å²) in [7, 11) is 4.11. The number of fused-ring (bicyclic) bond motifs is 2. The van der Waals surface area contributed by atoms with Crippen molar-refractivity contribution in [2.24, 2.45) is 14.1 Å². The van der Waals surface area contributed by atoms with Crippen molar-refractivity contribution in [1.82, 2.24) is 0 Å². The first-order valence-corrected chi connectivity index (χ1v) is 9.57. The first kappa shape index (κ1) is 16.6. The highest BCUT2D eigenvalue weighted by molar-refractivity contribution is 6.21. The molecule has 0 saturated heterocycles. The lowest BCUT2D eigenvalue weighted by molar-refractivity contribution is -0.671. The van der Waals surface area contributed by atoms with Gasteiger partial charge in [0.15, 0.2) is 24.8 Å². The second-order valence-electron chi connectivity index (χ2n) is 7.35. The summed E-state index contributed by atoms with van der Waals surface area (Å²) in [4.78, 5) is 0. The van der Waals surface area contributed by atoms with Gasteiger partial charge in [-0.1, -0.05) is 48.5 Å². The van der Waals surface area contributed by atoms with Gasteiger partial charge in [-0.25, -0.2) is 9.13 Å². The molecular formula is C26H22N2+2. The van der Waals surface area contributed by atoms with Crippen molar-refractivity contribution in [2.75, 3.05) is 0 Å². The van der Waals surface area contributed by atoms with Crippen LogP contribution in [0.25, 0.3) is 43.8 Å². The van der Waals surface area contributed by atoms with E-state index in [1.165, 1.54) is 43.8 Å². The third kappa shape index (κ3) is 2.66. The van der Waals surface area contributed by atoms with E-state index < -0.39 is 0 Å². The van der Waals surface area contributed by atoms with E-state index >= 15 is 0 Å². The molecule has 0 unspecified atom stereocenters. The SMILES string of the molecule is C[n+]1ccc(-c2c3ccccc3c(-c3cc[n+](C)cc3)c3ccccc23)cc1. The van der Waals surface area contributed by atoms with Crippen molar-refractivity contribution < 1.29 is 9.13 Å². The molecule has 2 heteroatoms. The maximum atomic E-state index is 2.25. The molecule has 0 aliphatic carbocycles. The molecule has 134 valence electrons. The molecule has 28 heavy (non-hydrogen) atoms. The number of aryl methyl sites for hydroxylation is 2. The van der Waals surface area contributed by atoms with E-state index in [0.29, 0.717) is 0 Å². The minimum atomic E-state index is 1.25. The van der Waals surface area contributed by atoms with Gasteiger partial charge >= 0.3 is 0 Å². The average molecular weight is 362 g/mol. The molecule has 0 bridgehead atoms. The molecule has 0 fully saturated rings. The molecule has 3 aromatic carbocycles. The van der Waals surface area contributed by atoms with E-state index in [4.69, 9.17) is 0 Å². The fourth-order valence-electron chi connectivity index (χ4n) is 4.09. The first-order valence-electron chi connectivity index (χ1n) is 9.57. The Morgan fingerprint density at radius 1 is 0.429 bits per heavy atom. The molecule has 0 radical (unpaired) electrons. The number of benzene rings is 3. The quantitative estimate of drug-likeness (QED) is 0.309. The molecular weight excluding hydrogens is 340 g/mol. The van der Waals surface area contributed by atoms with Crippen LogP contribution < -0.4 is 9.13 Å². The van der Waals surface area contributed by atoms with Gasteiger partial charge in [0.2, 0.25) is 0 Å². The van der Waals surface area contributed by atoms with Gasteiger partial charge in [-0.3, -0.25) is 0 Å². The maximum absolute atomic E-state index is 2.25. The Morgan fingerprint density at radius 2 is 0.714 bits per heavy atom. The average Bonchev–Trinajstić information content (AvgIpc) is 2.74. The van der Waals surface area contributed by atoms with Crippen LogP contribution in [0.15, 0.2) is 97.6 Å². The number of rotatable bonds is 2. The highest BCUT2D eigenvalue weighted by atomic mass is 14.9. The Hall–Kier alpha value is -3.52. The Morgan fingerprint density at radius 3 is 1.00 bits per heavy atom. The molecule has 0 amide bonds. The topological polar surface area (TPSA) is 7.76 Å². The van der Waals surface area contributed by atoms with Crippen LogP contribution in [0.1, 0.15) is 0 Å². The summed E-state index contributed by atoms with van der Waals surface area (Å²) in [6, 6.07) is 26.4. The van der Waals surface area contributed by atoms with Gasteiger partial charge in [-0.2, -0.15) is 0 Å². The smallest absolute Gasteiger partial charge is 0.169 e. The summed E-state index contributed by atoms with van der Waals surface area (Å²) in [6.45, 7) is 0. The molecule has 0 N–H and O–H groups in total. The van der Waals surface area contributed by atoms with E-state index in [1.54, 1.807) is 0 Å². The zero-order valence-corrected chi connectivity index (χ0v) is 16.1. The highest BCUT2D eigenvalue weighted by Crippen LogP contribution is 2.42. The Labute approximate surface area is 164 Å². The van der Waals surface area contributed by atoms with Crippen LogP contribution in [-0.2, 0) is 14.1 Å². The van der Waals surface area contributed by atoms with Gasteiger partial charge in [-0.15, -0.1) is 0 Å². The third-order valence-electron chi connectivity index (χ3n) is 5.47. The van der Waals surface area contributed by atoms with Crippen LogP contribution >= 0.6 is 0 Å². The fraction of sp³-hybridized carbons (Fsp3) is 0.0769. The molecule has 2 nitrogen and oxygen atoms in total. The molecule has 0 atom stereocenters. The predicted octanol–water partition coefficient (Wildman–Crippen LogP) is 4.98. The summed E-state index contributed by atoms with van der Waals surface area (Å²) in [6.07, 6.45) is 8.46. The zero-order valence-electron chi connectivity index (χ0n) is 16.1. The van der Waals surface area contributed by atoms with E-state index in [-0.39, 0.29) is 0 Å². The zero-order chi connectivity index (χ0) is 19.1. The number of hydrogen-bond donors (Lipinski definition) is 0. The van der Waals surface area contributed by atoms with Crippen LogP contribution in [-0.4, -0.2) is 0 Å². The second-order valence-corrected chi connectivity index (χ2v) is 7.35. The van der Waals surface area contributed by atoms with Gasteiger partial charge in [0.05, 0.1) is 0 Å². The molecule has 2 aromatic heterocycles. The summed E-state index contributed by atoms with van der Waals surface area (Å²) in [5, 5.41) is 5.16. The molecule has 5 aromatic rings. The predicted molar refractivity (Wildman–Crippen MR) is 115 cm³/mol. The van der Waals surface area contributed by atoms with Crippen LogP contribution in [0.4, 0.5) is 0 Å². The number of aromatic nitrogens is 2. The van der Waals surface area contributed by atoms with E-state index in [0.717, 1.165) is 0 Å². The second kappa shape index (κ2) is 6.58. The maximum Gasteiger partial charge on any atom is 0.169 e. The monoisotopic (exact) mass is 362 g/mol. The fourth-order valence-corrected chi connectivity index (χ4v) is 4.09. The normalized spacial score (nSPS) is 11.2. The summed E-state index contributed by atoms with van der Waals surface area (Å²) >= 11 is 0. The lowest BCUT2D eigenvalue weighted by Crippen LogP contribution is -2.25. The van der Waals surface area contributed by atoms with Gasteiger partial charge in [0.25, 0.3) is 0 Å². The first-order chi connectivity index (χ1) is 13.7. The van der Waals surface area contributed by atoms with Crippen molar-refractivity contribution >= 4 is 21.5 Å². The molecule has 0 saturated carbocycles. The van der Waals surface area contributed by atoms with Gasteiger partial charge in [-0.05, 0) is 43.8 Å². The van der Waals surface area contributed by atoms with Crippen molar-refractivity contribution in [3.63, 3.8) is 0 Å². The number of hydrogen-bond acceptors (Lipinski definition) is 0. The lowest BCUT2D eigenvalue weighted by atomic mass is 9.86. The van der Waals surface area contributed by atoms with Crippen molar-refractivity contribution in [1.29, 1.82) is 0 Å². The minimum absolute atomic E-state index is 1.25.